The van der Waals surface area contributed by atoms with Crippen LogP contribution in [0.25, 0.3) is 5.65 Å². The summed E-state index contributed by atoms with van der Waals surface area (Å²) in [5.41, 5.74) is 3.33. The van der Waals surface area contributed by atoms with E-state index in [9.17, 15) is 9.59 Å². The summed E-state index contributed by atoms with van der Waals surface area (Å²) in [5.74, 6) is -1.41. The molecule has 0 saturated carbocycles. The molecule has 0 bridgehead atoms. The molecule has 23 heavy (non-hydrogen) atoms. The summed E-state index contributed by atoms with van der Waals surface area (Å²) >= 11 is 0. The maximum atomic E-state index is 12.4. The molecule has 0 radical (unpaired) electrons. The van der Waals surface area contributed by atoms with E-state index in [4.69, 9.17) is 5.11 Å². The van der Waals surface area contributed by atoms with Crippen LogP contribution < -0.4 is 5.32 Å². The lowest BCUT2D eigenvalue weighted by Crippen LogP contribution is -2.14. The number of aromatic carboxylic acids is 1. The Morgan fingerprint density at radius 2 is 1.96 bits per heavy atom. The molecule has 3 aromatic rings. The number of carbonyl (C=O) groups excluding carboxylic acids is 1. The minimum Gasteiger partial charge on any atom is -0.478 e. The van der Waals surface area contributed by atoms with Crippen LogP contribution in [0, 0.1) is 13.8 Å². The third-order valence-electron chi connectivity index (χ3n) is 3.64. The number of amides is 1. The number of carbonyl (C=O) groups is 2. The van der Waals surface area contributed by atoms with E-state index in [1.807, 2.05) is 25.3 Å². The normalized spacial score (nSPS) is 10.7. The number of carboxylic acid groups (broad SMARTS) is 1. The minimum atomic E-state index is -1.04. The summed E-state index contributed by atoms with van der Waals surface area (Å²) in [5, 5.41) is 11.8. The molecule has 2 N–H and O–H groups in total. The lowest BCUT2D eigenvalue weighted by molar-refractivity contribution is 0.0696. The number of hydrogen-bond donors (Lipinski definition) is 2. The summed E-state index contributed by atoms with van der Waals surface area (Å²) in [6.07, 6.45) is 3.47. The summed E-state index contributed by atoms with van der Waals surface area (Å²) < 4.78 is 1.78. The fraction of sp³-hybridized carbons (Fsp3) is 0.118. The van der Waals surface area contributed by atoms with E-state index in [1.165, 1.54) is 12.1 Å². The molecule has 0 fully saturated rings. The van der Waals surface area contributed by atoms with Crippen molar-refractivity contribution in [2.24, 2.45) is 0 Å². The predicted octanol–water partition coefficient (Wildman–Crippen LogP) is 2.90. The highest BCUT2D eigenvalue weighted by Crippen LogP contribution is 2.18. The molecule has 0 spiro atoms. The monoisotopic (exact) mass is 309 g/mol. The topological polar surface area (TPSA) is 83.7 Å². The van der Waals surface area contributed by atoms with Crippen LogP contribution in [0.15, 0.2) is 42.7 Å². The second kappa shape index (κ2) is 5.57. The van der Waals surface area contributed by atoms with E-state index in [2.05, 4.69) is 10.3 Å². The van der Waals surface area contributed by atoms with Gasteiger partial charge in [0.2, 0.25) is 0 Å². The van der Waals surface area contributed by atoms with E-state index in [1.54, 1.807) is 23.6 Å². The van der Waals surface area contributed by atoms with Gasteiger partial charge in [-0.3, -0.25) is 4.79 Å². The van der Waals surface area contributed by atoms with Crippen molar-refractivity contribution in [3.63, 3.8) is 0 Å². The smallest absolute Gasteiger partial charge is 0.335 e. The van der Waals surface area contributed by atoms with Gasteiger partial charge in [0.1, 0.15) is 11.3 Å². The minimum absolute atomic E-state index is 0.122. The zero-order chi connectivity index (χ0) is 16.6. The van der Waals surface area contributed by atoms with Crippen LogP contribution in [-0.4, -0.2) is 26.4 Å². The maximum Gasteiger partial charge on any atom is 0.335 e. The predicted molar refractivity (Wildman–Crippen MR) is 86.0 cm³/mol. The van der Waals surface area contributed by atoms with Crippen molar-refractivity contribution in [1.29, 1.82) is 0 Å². The van der Waals surface area contributed by atoms with Gasteiger partial charge in [0.15, 0.2) is 0 Å². The van der Waals surface area contributed by atoms with Crippen LogP contribution in [0.2, 0.25) is 0 Å². The molecule has 6 nitrogen and oxygen atoms in total. The van der Waals surface area contributed by atoms with Crippen molar-refractivity contribution in [3.8, 4) is 0 Å². The third kappa shape index (κ3) is 2.78. The first kappa shape index (κ1) is 14.8. The van der Waals surface area contributed by atoms with E-state index in [-0.39, 0.29) is 17.2 Å². The first-order chi connectivity index (χ1) is 11.0. The van der Waals surface area contributed by atoms with Crippen molar-refractivity contribution in [2.45, 2.75) is 13.8 Å². The highest BCUT2D eigenvalue weighted by atomic mass is 16.4. The average molecular weight is 309 g/mol. The van der Waals surface area contributed by atoms with Gasteiger partial charge in [-0.15, -0.1) is 0 Å². The second-order valence-electron chi connectivity index (χ2n) is 5.34. The molecule has 116 valence electrons. The van der Waals surface area contributed by atoms with E-state index in [0.717, 1.165) is 11.1 Å². The highest BCUT2D eigenvalue weighted by molar-refractivity contribution is 6.04. The third-order valence-corrected chi connectivity index (χ3v) is 3.64. The largest absolute Gasteiger partial charge is 0.478 e. The number of anilines is 1. The number of hydrogen-bond acceptors (Lipinski definition) is 3. The lowest BCUT2D eigenvalue weighted by Gasteiger charge is -2.08. The van der Waals surface area contributed by atoms with Crippen LogP contribution in [-0.2, 0) is 0 Å². The van der Waals surface area contributed by atoms with Gasteiger partial charge in [0, 0.05) is 18.1 Å². The summed E-state index contributed by atoms with van der Waals surface area (Å²) in [4.78, 5) is 27.8. The first-order valence-corrected chi connectivity index (χ1v) is 7.05. The summed E-state index contributed by atoms with van der Waals surface area (Å²) in [7, 11) is 0. The maximum absolute atomic E-state index is 12.4. The van der Waals surface area contributed by atoms with Gasteiger partial charge in [-0.2, -0.15) is 0 Å². The number of fused-ring (bicyclic) bond motifs is 1. The van der Waals surface area contributed by atoms with Crippen molar-refractivity contribution in [1.82, 2.24) is 9.38 Å². The van der Waals surface area contributed by atoms with E-state index in [0.29, 0.717) is 11.3 Å². The van der Waals surface area contributed by atoms with Crippen molar-refractivity contribution in [2.75, 3.05) is 5.32 Å². The average Bonchev–Trinajstić information content (AvgIpc) is 2.95. The van der Waals surface area contributed by atoms with Gasteiger partial charge in [0.25, 0.3) is 5.91 Å². The van der Waals surface area contributed by atoms with Crippen LogP contribution in [0.1, 0.15) is 32.0 Å². The van der Waals surface area contributed by atoms with Crippen LogP contribution in [0.3, 0.4) is 0 Å². The second-order valence-corrected chi connectivity index (χ2v) is 5.34. The zero-order valence-corrected chi connectivity index (χ0v) is 12.7. The SMILES string of the molecule is Cc1ccc(C(=O)O)cc1NC(=O)c1cn2cccc(C)c2n1. The fourth-order valence-electron chi connectivity index (χ4n) is 2.34. The van der Waals surface area contributed by atoms with Gasteiger partial charge >= 0.3 is 5.97 Å². The molecule has 0 aliphatic rings. The standard InChI is InChI=1S/C17H15N3O3/c1-10-5-6-12(17(22)23)8-13(10)19-16(21)14-9-20-7-3-4-11(2)15(20)18-14/h3-9H,1-2H3,(H,19,21)(H,22,23). The van der Waals surface area contributed by atoms with Crippen LogP contribution in [0.4, 0.5) is 5.69 Å². The summed E-state index contributed by atoms with van der Waals surface area (Å²) in [6.45, 7) is 3.72. The molecular formula is C17H15N3O3. The number of pyridine rings is 1. The molecule has 0 aliphatic heterocycles. The molecule has 0 aliphatic carbocycles. The summed E-state index contributed by atoms with van der Waals surface area (Å²) in [6, 6.07) is 8.40. The Hall–Kier alpha value is -3.15. The Bertz CT molecular complexity index is 928. The van der Waals surface area contributed by atoms with Gasteiger partial charge < -0.3 is 14.8 Å². The van der Waals surface area contributed by atoms with E-state index >= 15 is 0 Å². The number of aromatic nitrogens is 2. The molecule has 0 atom stereocenters. The van der Waals surface area contributed by atoms with Crippen molar-refractivity contribution >= 4 is 23.2 Å². The molecular weight excluding hydrogens is 294 g/mol. The van der Waals surface area contributed by atoms with Gasteiger partial charge in [-0.25, -0.2) is 9.78 Å². The Kier molecular flexibility index (Phi) is 3.57. The zero-order valence-electron chi connectivity index (χ0n) is 12.7. The van der Waals surface area contributed by atoms with Gasteiger partial charge in [-0.1, -0.05) is 12.1 Å². The molecule has 1 amide bonds. The number of imidazole rings is 1. The fourth-order valence-corrected chi connectivity index (χ4v) is 2.34. The molecule has 1 aromatic carbocycles. The molecule has 2 aromatic heterocycles. The van der Waals surface area contributed by atoms with Crippen molar-refractivity contribution < 1.29 is 14.7 Å². The molecule has 6 heteroatoms. The highest BCUT2D eigenvalue weighted by Gasteiger charge is 2.14. The van der Waals surface area contributed by atoms with Gasteiger partial charge in [-0.05, 0) is 43.2 Å². The van der Waals surface area contributed by atoms with Crippen LogP contribution >= 0.6 is 0 Å². The number of aryl methyl sites for hydroxylation is 2. The molecule has 0 saturated heterocycles. The molecule has 0 unspecified atom stereocenters. The number of carboxylic acids is 1. The number of nitrogens with zero attached hydrogens (tertiary/aromatic N) is 2. The number of benzene rings is 1. The quantitative estimate of drug-likeness (QED) is 0.779. The Morgan fingerprint density at radius 3 is 2.65 bits per heavy atom. The van der Waals surface area contributed by atoms with Crippen molar-refractivity contribution in [3.05, 3.63) is 65.1 Å². The first-order valence-electron chi connectivity index (χ1n) is 7.05. The number of rotatable bonds is 3. The lowest BCUT2D eigenvalue weighted by atomic mass is 10.1. The van der Waals surface area contributed by atoms with Crippen LogP contribution in [0.5, 0.6) is 0 Å². The van der Waals surface area contributed by atoms with E-state index < -0.39 is 5.97 Å². The number of nitrogens with one attached hydrogen (secondary N) is 1. The van der Waals surface area contributed by atoms with Gasteiger partial charge in [0.05, 0.1) is 5.56 Å². The molecule has 2 heterocycles. The molecule has 3 rings (SSSR count). The Balaban J connectivity index is 1.93. The Labute approximate surface area is 132 Å². The Morgan fingerprint density at radius 1 is 1.17 bits per heavy atom.